The average molecular weight is 248 g/mol. The largest absolute Gasteiger partial charge is 0.497 e. The average Bonchev–Trinajstić information content (AvgIpc) is 2.77. The fourth-order valence-corrected chi connectivity index (χ4v) is 1.84. The number of benzene rings is 1. The molecule has 0 unspecified atom stereocenters. The van der Waals surface area contributed by atoms with Gasteiger partial charge >= 0.3 is 6.09 Å². The van der Waals surface area contributed by atoms with E-state index in [0.717, 1.165) is 29.9 Å². The normalized spacial score (nSPS) is 15.4. The number of ether oxygens (including phenoxy) is 1. The summed E-state index contributed by atoms with van der Waals surface area (Å²) in [7, 11) is 4.89. The standard InChI is InChI=1S/C13H16N2O3/c1-15(2)13(16)18-14-12-7-4-9-8-10(17-3)5-6-11(9)12/h5-6,8H,4,7H2,1-3H3. The van der Waals surface area contributed by atoms with Crippen LogP contribution < -0.4 is 4.74 Å². The molecule has 0 spiro atoms. The minimum absolute atomic E-state index is 0.468. The SMILES string of the molecule is COc1ccc2c(c1)CCC2=NOC(=O)N(C)C. The van der Waals surface area contributed by atoms with Crippen LogP contribution in [0.3, 0.4) is 0 Å². The Bertz CT molecular complexity index is 495. The molecule has 0 heterocycles. The van der Waals surface area contributed by atoms with Gasteiger partial charge in [0.25, 0.3) is 0 Å². The van der Waals surface area contributed by atoms with Gasteiger partial charge in [0, 0.05) is 19.7 Å². The van der Waals surface area contributed by atoms with Gasteiger partial charge in [-0.2, -0.15) is 0 Å². The maximum Gasteiger partial charge on any atom is 0.435 e. The number of carbonyl (C=O) groups excluding carboxylic acids is 1. The first-order chi connectivity index (χ1) is 8.61. The zero-order chi connectivity index (χ0) is 13.1. The molecule has 1 aliphatic rings. The number of nitrogens with zero attached hydrogens (tertiary/aromatic N) is 2. The number of carbonyl (C=O) groups is 1. The van der Waals surface area contributed by atoms with Gasteiger partial charge in [0.2, 0.25) is 0 Å². The molecular formula is C13H16N2O3. The molecule has 0 N–H and O–H groups in total. The highest BCUT2D eigenvalue weighted by Crippen LogP contribution is 2.26. The van der Waals surface area contributed by atoms with Gasteiger partial charge < -0.3 is 9.64 Å². The summed E-state index contributed by atoms with van der Waals surface area (Å²) in [5.74, 6) is 0.834. The van der Waals surface area contributed by atoms with E-state index in [1.54, 1.807) is 21.2 Å². The van der Waals surface area contributed by atoms with Crippen molar-refractivity contribution in [3.8, 4) is 5.75 Å². The molecule has 5 heteroatoms. The molecule has 1 aliphatic carbocycles. The van der Waals surface area contributed by atoms with Gasteiger partial charge in [0.15, 0.2) is 0 Å². The Morgan fingerprint density at radius 2 is 2.11 bits per heavy atom. The summed E-state index contributed by atoms with van der Waals surface area (Å²) >= 11 is 0. The molecule has 0 aromatic heterocycles. The molecule has 0 atom stereocenters. The van der Waals surface area contributed by atoms with E-state index in [-0.39, 0.29) is 0 Å². The Kier molecular flexibility index (Phi) is 3.50. The van der Waals surface area contributed by atoms with Crippen LogP contribution >= 0.6 is 0 Å². The molecule has 0 bridgehead atoms. The monoisotopic (exact) mass is 248 g/mol. The second kappa shape index (κ2) is 5.08. The topological polar surface area (TPSA) is 51.1 Å². The van der Waals surface area contributed by atoms with Gasteiger partial charge in [-0.25, -0.2) is 4.79 Å². The van der Waals surface area contributed by atoms with Crippen molar-refractivity contribution in [1.82, 2.24) is 4.90 Å². The zero-order valence-corrected chi connectivity index (χ0v) is 10.8. The Labute approximate surface area is 106 Å². The van der Waals surface area contributed by atoms with Crippen LogP contribution in [0.4, 0.5) is 4.79 Å². The van der Waals surface area contributed by atoms with E-state index in [2.05, 4.69) is 5.16 Å². The molecule has 0 aliphatic heterocycles. The molecule has 5 nitrogen and oxygen atoms in total. The lowest BCUT2D eigenvalue weighted by atomic mass is 10.1. The third-order valence-corrected chi connectivity index (χ3v) is 2.85. The molecule has 96 valence electrons. The Morgan fingerprint density at radius 3 is 2.78 bits per heavy atom. The van der Waals surface area contributed by atoms with E-state index in [0.29, 0.717) is 0 Å². The van der Waals surface area contributed by atoms with Crippen LogP contribution in [-0.2, 0) is 11.3 Å². The van der Waals surface area contributed by atoms with E-state index in [1.807, 2.05) is 18.2 Å². The number of hydrogen-bond donors (Lipinski definition) is 0. The van der Waals surface area contributed by atoms with Gasteiger partial charge in [0.1, 0.15) is 5.75 Å². The number of fused-ring (bicyclic) bond motifs is 1. The molecule has 0 fully saturated rings. The van der Waals surface area contributed by atoms with E-state index < -0.39 is 6.09 Å². The maximum atomic E-state index is 11.3. The van der Waals surface area contributed by atoms with Crippen LogP contribution in [0.2, 0.25) is 0 Å². The van der Waals surface area contributed by atoms with Crippen molar-refractivity contribution < 1.29 is 14.4 Å². The maximum absolute atomic E-state index is 11.3. The third-order valence-electron chi connectivity index (χ3n) is 2.85. The first-order valence-electron chi connectivity index (χ1n) is 5.74. The lowest BCUT2D eigenvalue weighted by Gasteiger charge is -2.07. The summed E-state index contributed by atoms with van der Waals surface area (Å²) in [6, 6.07) is 5.82. The highest BCUT2D eigenvalue weighted by Gasteiger charge is 2.19. The summed E-state index contributed by atoms with van der Waals surface area (Å²) in [6.07, 6.45) is 1.21. The minimum Gasteiger partial charge on any atom is -0.497 e. The molecule has 2 rings (SSSR count). The Hall–Kier alpha value is -2.04. The Balaban J connectivity index is 2.16. The van der Waals surface area contributed by atoms with Gasteiger partial charge in [-0.15, -0.1) is 0 Å². The molecule has 18 heavy (non-hydrogen) atoms. The zero-order valence-electron chi connectivity index (χ0n) is 10.8. The van der Waals surface area contributed by atoms with Crippen LogP contribution in [0, 0.1) is 0 Å². The predicted octanol–water partition coefficient (Wildman–Crippen LogP) is 2.04. The number of hydrogen-bond acceptors (Lipinski definition) is 4. The molecule has 0 radical (unpaired) electrons. The highest BCUT2D eigenvalue weighted by molar-refractivity contribution is 6.04. The van der Waals surface area contributed by atoms with Crippen molar-refractivity contribution >= 4 is 11.8 Å². The fourth-order valence-electron chi connectivity index (χ4n) is 1.84. The van der Waals surface area contributed by atoms with E-state index in [9.17, 15) is 4.79 Å². The smallest absolute Gasteiger partial charge is 0.435 e. The lowest BCUT2D eigenvalue weighted by molar-refractivity contribution is 0.122. The lowest BCUT2D eigenvalue weighted by Crippen LogP contribution is -2.21. The highest BCUT2D eigenvalue weighted by atomic mass is 16.7. The van der Waals surface area contributed by atoms with Crippen LogP contribution in [0.25, 0.3) is 0 Å². The van der Waals surface area contributed by atoms with Gasteiger partial charge in [-0.05, 0) is 36.6 Å². The number of oxime groups is 1. The summed E-state index contributed by atoms with van der Waals surface area (Å²) in [5.41, 5.74) is 3.01. The Morgan fingerprint density at radius 1 is 1.33 bits per heavy atom. The first-order valence-corrected chi connectivity index (χ1v) is 5.74. The molecule has 1 aromatic carbocycles. The summed E-state index contributed by atoms with van der Waals surface area (Å²) in [6.45, 7) is 0. The predicted molar refractivity (Wildman–Crippen MR) is 68.0 cm³/mol. The fraction of sp³-hybridized carbons (Fsp3) is 0.385. The van der Waals surface area contributed by atoms with Crippen molar-refractivity contribution in [2.75, 3.05) is 21.2 Å². The van der Waals surface area contributed by atoms with Crippen molar-refractivity contribution in [1.29, 1.82) is 0 Å². The van der Waals surface area contributed by atoms with Gasteiger partial charge in [-0.3, -0.25) is 4.84 Å². The molecule has 0 saturated carbocycles. The van der Waals surface area contributed by atoms with Crippen molar-refractivity contribution in [3.63, 3.8) is 0 Å². The second-order valence-corrected chi connectivity index (χ2v) is 4.31. The van der Waals surface area contributed by atoms with Gasteiger partial charge in [0.05, 0.1) is 12.8 Å². The second-order valence-electron chi connectivity index (χ2n) is 4.31. The van der Waals surface area contributed by atoms with Crippen LogP contribution in [-0.4, -0.2) is 37.9 Å². The van der Waals surface area contributed by atoms with Gasteiger partial charge in [-0.1, -0.05) is 5.16 Å². The van der Waals surface area contributed by atoms with Crippen molar-refractivity contribution in [2.45, 2.75) is 12.8 Å². The first kappa shape index (κ1) is 12.4. The third kappa shape index (κ3) is 2.45. The van der Waals surface area contributed by atoms with Crippen molar-refractivity contribution in [2.24, 2.45) is 5.16 Å². The summed E-state index contributed by atoms with van der Waals surface area (Å²) < 4.78 is 5.17. The number of methoxy groups -OCH3 is 1. The number of rotatable bonds is 2. The number of amides is 1. The van der Waals surface area contributed by atoms with E-state index in [1.165, 1.54) is 10.5 Å². The summed E-state index contributed by atoms with van der Waals surface area (Å²) in [5, 5.41) is 3.93. The van der Waals surface area contributed by atoms with Crippen molar-refractivity contribution in [3.05, 3.63) is 29.3 Å². The molecular weight excluding hydrogens is 232 g/mol. The summed E-state index contributed by atoms with van der Waals surface area (Å²) in [4.78, 5) is 17.5. The van der Waals surface area contributed by atoms with Crippen LogP contribution in [0.5, 0.6) is 5.75 Å². The number of aryl methyl sites for hydroxylation is 1. The van der Waals surface area contributed by atoms with Crippen LogP contribution in [0.1, 0.15) is 17.5 Å². The molecule has 0 saturated heterocycles. The quantitative estimate of drug-likeness (QED) is 0.594. The molecule has 1 amide bonds. The van der Waals surface area contributed by atoms with E-state index >= 15 is 0 Å². The van der Waals surface area contributed by atoms with Crippen LogP contribution in [0.15, 0.2) is 23.4 Å². The minimum atomic E-state index is -0.468. The molecule has 1 aromatic rings. The van der Waals surface area contributed by atoms with E-state index in [4.69, 9.17) is 9.57 Å².